The second-order valence-corrected chi connectivity index (χ2v) is 6.17. The second-order valence-electron chi connectivity index (χ2n) is 6.17. The molecule has 0 radical (unpaired) electrons. The van der Waals surface area contributed by atoms with Gasteiger partial charge in [-0.3, -0.25) is 4.79 Å². The van der Waals surface area contributed by atoms with Crippen LogP contribution in [0, 0.1) is 12.8 Å². The third-order valence-corrected chi connectivity index (χ3v) is 4.36. The summed E-state index contributed by atoms with van der Waals surface area (Å²) < 4.78 is 5.30. The minimum atomic E-state index is 0.107. The molecule has 0 saturated carbocycles. The van der Waals surface area contributed by atoms with Gasteiger partial charge in [-0.1, -0.05) is 54.1 Å². The van der Waals surface area contributed by atoms with Gasteiger partial charge in [-0.15, -0.1) is 0 Å². The smallest absolute Gasteiger partial charge is 0.223 e. The fraction of sp³-hybridized carbons (Fsp3) is 0.350. The molecule has 3 nitrogen and oxygen atoms in total. The Labute approximate surface area is 137 Å². The number of hydrogen-bond acceptors (Lipinski definition) is 2. The molecule has 1 fully saturated rings. The number of hydrogen-bond donors (Lipinski definition) is 1. The van der Waals surface area contributed by atoms with Crippen LogP contribution in [0.25, 0.3) is 11.1 Å². The highest BCUT2D eigenvalue weighted by atomic mass is 16.5. The van der Waals surface area contributed by atoms with Crippen LogP contribution in [0.15, 0.2) is 48.5 Å². The molecule has 0 spiro atoms. The molecule has 0 unspecified atom stereocenters. The van der Waals surface area contributed by atoms with Crippen LogP contribution in [-0.4, -0.2) is 19.1 Å². The molecular formula is C20H23NO2. The fourth-order valence-corrected chi connectivity index (χ4v) is 2.93. The Hall–Kier alpha value is -2.13. The molecule has 1 amide bonds. The Morgan fingerprint density at radius 2 is 1.83 bits per heavy atom. The van der Waals surface area contributed by atoms with Crippen LogP contribution >= 0.6 is 0 Å². The van der Waals surface area contributed by atoms with Gasteiger partial charge in [0, 0.05) is 25.7 Å². The quantitative estimate of drug-likeness (QED) is 0.935. The van der Waals surface area contributed by atoms with Crippen LogP contribution in [0.1, 0.15) is 24.0 Å². The molecule has 1 saturated heterocycles. The predicted octanol–water partition coefficient (Wildman–Crippen LogP) is 3.70. The largest absolute Gasteiger partial charge is 0.381 e. The van der Waals surface area contributed by atoms with E-state index in [-0.39, 0.29) is 11.8 Å². The lowest BCUT2D eigenvalue weighted by molar-refractivity contribution is -0.128. The van der Waals surface area contributed by atoms with Gasteiger partial charge in [-0.2, -0.15) is 0 Å². The molecule has 1 aliphatic heterocycles. The summed E-state index contributed by atoms with van der Waals surface area (Å²) in [4.78, 5) is 12.1. The van der Waals surface area contributed by atoms with Crippen molar-refractivity contribution in [2.45, 2.75) is 26.3 Å². The predicted molar refractivity (Wildman–Crippen MR) is 92.0 cm³/mol. The van der Waals surface area contributed by atoms with Crippen molar-refractivity contribution in [3.63, 3.8) is 0 Å². The lowest BCUT2D eigenvalue weighted by Crippen LogP contribution is -2.33. The van der Waals surface area contributed by atoms with Gasteiger partial charge in [0.05, 0.1) is 0 Å². The third kappa shape index (κ3) is 4.20. The van der Waals surface area contributed by atoms with Crippen LogP contribution in [0.4, 0.5) is 0 Å². The molecule has 3 heteroatoms. The average Bonchev–Trinajstić information content (AvgIpc) is 2.61. The average molecular weight is 309 g/mol. The maximum absolute atomic E-state index is 12.1. The number of aryl methyl sites for hydroxylation is 1. The molecule has 1 N–H and O–H groups in total. The van der Waals surface area contributed by atoms with E-state index in [0.29, 0.717) is 19.8 Å². The van der Waals surface area contributed by atoms with Gasteiger partial charge in [-0.25, -0.2) is 0 Å². The molecule has 1 aliphatic rings. The summed E-state index contributed by atoms with van der Waals surface area (Å²) in [6.07, 6.45) is 1.66. The number of carbonyl (C=O) groups excluding carboxylic acids is 1. The highest BCUT2D eigenvalue weighted by Crippen LogP contribution is 2.21. The van der Waals surface area contributed by atoms with E-state index in [9.17, 15) is 4.79 Å². The first-order valence-electron chi connectivity index (χ1n) is 8.24. The number of carbonyl (C=O) groups is 1. The Bertz CT molecular complexity index is 658. The summed E-state index contributed by atoms with van der Waals surface area (Å²) in [6.45, 7) is 4.08. The summed E-state index contributed by atoms with van der Waals surface area (Å²) in [5, 5.41) is 3.04. The second kappa shape index (κ2) is 7.42. The summed E-state index contributed by atoms with van der Waals surface area (Å²) in [7, 11) is 0. The van der Waals surface area contributed by atoms with E-state index in [2.05, 4.69) is 60.8 Å². The minimum absolute atomic E-state index is 0.107. The molecule has 2 aromatic rings. The van der Waals surface area contributed by atoms with E-state index in [0.717, 1.165) is 18.4 Å². The van der Waals surface area contributed by atoms with E-state index in [4.69, 9.17) is 4.74 Å². The zero-order valence-corrected chi connectivity index (χ0v) is 13.5. The molecule has 0 bridgehead atoms. The van der Waals surface area contributed by atoms with Crippen LogP contribution in [-0.2, 0) is 16.1 Å². The van der Waals surface area contributed by atoms with Gasteiger partial charge in [0.15, 0.2) is 0 Å². The maximum Gasteiger partial charge on any atom is 0.223 e. The van der Waals surface area contributed by atoms with E-state index >= 15 is 0 Å². The Morgan fingerprint density at radius 3 is 2.52 bits per heavy atom. The number of rotatable bonds is 4. The van der Waals surface area contributed by atoms with E-state index in [1.54, 1.807) is 0 Å². The van der Waals surface area contributed by atoms with Gasteiger partial charge < -0.3 is 10.1 Å². The highest BCUT2D eigenvalue weighted by Gasteiger charge is 2.20. The first-order valence-corrected chi connectivity index (χ1v) is 8.24. The van der Waals surface area contributed by atoms with E-state index in [1.165, 1.54) is 16.7 Å². The zero-order valence-electron chi connectivity index (χ0n) is 13.5. The summed E-state index contributed by atoms with van der Waals surface area (Å²) in [6, 6.07) is 16.9. The van der Waals surface area contributed by atoms with Crippen molar-refractivity contribution in [2.75, 3.05) is 13.2 Å². The summed E-state index contributed by atoms with van der Waals surface area (Å²) in [5.74, 6) is 0.256. The monoisotopic (exact) mass is 309 g/mol. The van der Waals surface area contributed by atoms with Gasteiger partial charge in [0.25, 0.3) is 0 Å². The van der Waals surface area contributed by atoms with Gasteiger partial charge in [-0.05, 0) is 36.5 Å². The Balaban J connectivity index is 1.58. The van der Waals surface area contributed by atoms with Crippen molar-refractivity contribution in [3.05, 3.63) is 59.7 Å². The summed E-state index contributed by atoms with van der Waals surface area (Å²) in [5.41, 5.74) is 4.81. The normalized spacial score (nSPS) is 15.3. The van der Waals surface area contributed by atoms with Crippen molar-refractivity contribution in [3.8, 4) is 11.1 Å². The lowest BCUT2D eigenvalue weighted by atomic mass is 9.99. The molecule has 0 atom stereocenters. The number of benzene rings is 2. The van der Waals surface area contributed by atoms with Crippen LogP contribution in [0.2, 0.25) is 0 Å². The molecule has 120 valence electrons. The molecule has 2 aromatic carbocycles. The minimum Gasteiger partial charge on any atom is -0.381 e. The van der Waals surface area contributed by atoms with Crippen molar-refractivity contribution in [2.24, 2.45) is 5.92 Å². The molecule has 0 aromatic heterocycles. The molecule has 0 aliphatic carbocycles. The standard InChI is InChI=1S/C20H23NO2/c1-15-3-2-4-19(13-15)17-7-5-16(6-8-17)14-21-20(22)18-9-11-23-12-10-18/h2-8,13,18H,9-12,14H2,1H3,(H,21,22). The van der Waals surface area contributed by atoms with Crippen LogP contribution < -0.4 is 5.32 Å². The molecular weight excluding hydrogens is 286 g/mol. The van der Waals surface area contributed by atoms with Crippen molar-refractivity contribution in [1.29, 1.82) is 0 Å². The fourth-order valence-electron chi connectivity index (χ4n) is 2.93. The highest BCUT2D eigenvalue weighted by molar-refractivity contribution is 5.78. The van der Waals surface area contributed by atoms with Crippen LogP contribution in [0.5, 0.6) is 0 Å². The number of amides is 1. The Kier molecular flexibility index (Phi) is 5.09. The Morgan fingerprint density at radius 1 is 1.09 bits per heavy atom. The summed E-state index contributed by atoms with van der Waals surface area (Å²) >= 11 is 0. The molecule has 23 heavy (non-hydrogen) atoms. The van der Waals surface area contributed by atoms with Crippen molar-refractivity contribution >= 4 is 5.91 Å². The third-order valence-electron chi connectivity index (χ3n) is 4.36. The zero-order chi connectivity index (χ0) is 16.1. The topological polar surface area (TPSA) is 38.3 Å². The van der Waals surface area contributed by atoms with Gasteiger partial charge >= 0.3 is 0 Å². The molecule has 3 rings (SSSR count). The van der Waals surface area contributed by atoms with E-state index in [1.807, 2.05) is 0 Å². The first-order chi connectivity index (χ1) is 11.2. The molecule has 1 heterocycles. The maximum atomic E-state index is 12.1. The van der Waals surface area contributed by atoms with E-state index < -0.39 is 0 Å². The van der Waals surface area contributed by atoms with Crippen molar-refractivity contribution in [1.82, 2.24) is 5.32 Å². The number of ether oxygens (including phenoxy) is 1. The van der Waals surface area contributed by atoms with Crippen molar-refractivity contribution < 1.29 is 9.53 Å². The SMILES string of the molecule is Cc1cccc(-c2ccc(CNC(=O)C3CCOCC3)cc2)c1. The van der Waals surface area contributed by atoms with Gasteiger partial charge in [0.1, 0.15) is 0 Å². The lowest BCUT2D eigenvalue weighted by Gasteiger charge is -2.21. The number of nitrogens with one attached hydrogen (secondary N) is 1. The first kappa shape index (κ1) is 15.8. The van der Waals surface area contributed by atoms with Crippen LogP contribution in [0.3, 0.4) is 0 Å². The van der Waals surface area contributed by atoms with Gasteiger partial charge in [0.2, 0.25) is 5.91 Å².